The van der Waals surface area contributed by atoms with Crippen molar-refractivity contribution < 1.29 is 13.2 Å². The first kappa shape index (κ1) is 19.9. The maximum atomic E-state index is 13.2. The number of ketones is 1. The van der Waals surface area contributed by atoms with Crippen LogP contribution in [-0.2, 0) is 14.8 Å². The molecule has 3 aliphatic rings. The lowest BCUT2D eigenvalue weighted by atomic mass is 9.80. The summed E-state index contributed by atoms with van der Waals surface area (Å²) in [4.78, 5) is 13.3. The highest BCUT2D eigenvalue weighted by Gasteiger charge is 2.38. The number of sulfonamides is 1. The number of nitrogens with one attached hydrogen (secondary N) is 1. The van der Waals surface area contributed by atoms with E-state index < -0.39 is 10.0 Å². The van der Waals surface area contributed by atoms with Gasteiger partial charge in [-0.1, -0.05) is 29.8 Å². The van der Waals surface area contributed by atoms with Crippen molar-refractivity contribution in [2.75, 3.05) is 13.1 Å². The van der Waals surface area contributed by atoms with Gasteiger partial charge in [0.1, 0.15) is 4.90 Å². The zero-order valence-corrected chi connectivity index (χ0v) is 17.5. The first-order valence-corrected chi connectivity index (χ1v) is 12.0. The number of carbonyl (C=O) groups excluding carboxylic acids is 1. The molecule has 1 aromatic carbocycles. The molecule has 0 aromatic heterocycles. The lowest BCUT2D eigenvalue weighted by Crippen LogP contribution is -2.50. The molecule has 1 aliphatic carbocycles. The van der Waals surface area contributed by atoms with E-state index in [1.807, 2.05) is 0 Å². The molecule has 5 nitrogen and oxygen atoms in total. The molecule has 2 aliphatic heterocycles. The van der Waals surface area contributed by atoms with E-state index >= 15 is 0 Å². The highest BCUT2D eigenvalue weighted by Crippen LogP contribution is 2.34. The molecule has 2 unspecified atom stereocenters. The van der Waals surface area contributed by atoms with Crippen LogP contribution in [0.1, 0.15) is 44.9 Å². The van der Waals surface area contributed by atoms with Crippen LogP contribution in [0.2, 0.25) is 5.02 Å². The van der Waals surface area contributed by atoms with Gasteiger partial charge >= 0.3 is 0 Å². The van der Waals surface area contributed by atoms with Gasteiger partial charge in [-0.15, -0.1) is 0 Å². The smallest absolute Gasteiger partial charge is 0.244 e. The summed E-state index contributed by atoms with van der Waals surface area (Å²) < 4.78 is 27.5. The van der Waals surface area contributed by atoms with Gasteiger partial charge in [-0.3, -0.25) is 4.79 Å². The standard InChI is InChI=1S/C21H27ClN2O3S/c22-17-8-2-4-10-20(17)28(26,27)24-13-5-7-16(14-24)21(25)19-12-11-15-6-1-3-9-18(15)23-19/h2,4,8-10,15-16,19,23H,1,3,5-7,11-14H2/t15?,16-,19?/m0/s1. The summed E-state index contributed by atoms with van der Waals surface area (Å²) >= 11 is 6.12. The predicted molar refractivity (Wildman–Crippen MR) is 110 cm³/mol. The van der Waals surface area contributed by atoms with Gasteiger partial charge in [0.05, 0.1) is 11.1 Å². The van der Waals surface area contributed by atoms with E-state index in [1.54, 1.807) is 18.2 Å². The number of Topliss-reactive ketones (excluding diaryl/α,β-unsaturated/α-hetero) is 1. The SMILES string of the molecule is O=C(C1CCC2CCCC=C2N1)[C@H]1CCCN(S(=O)(=O)c2ccccc2Cl)C1. The van der Waals surface area contributed by atoms with E-state index in [2.05, 4.69) is 11.4 Å². The van der Waals surface area contributed by atoms with E-state index in [1.165, 1.54) is 28.9 Å². The molecule has 3 atom stereocenters. The van der Waals surface area contributed by atoms with Crippen LogP contribution < -0.4 is 5.32 Å². The van der Waals surface area contributed by atoms with E-state index in [0.29, 0.717) is 18.9 Å². The van der Waals surface area contributed by atoms with Crippen molar-refractivity contribution in [3.8, 4) is 0 Å². The molecule has 0 bridgehead atoms. The Balaban J connectivity index is 1.47. The van der Waals surface area contributed by atoms with Crippen LogP contribution in [-0.4, -0.2) is 37.6 Å². The van der Waals surface area contributed by atoms with Crippen molar-refractivity contribution in [2.24, 2.45) is 11.8 Å². The summed E-state index contributed by atoms with van der Waals surface area (Å²) in [6.45, 7) is 0.676. The summed E-state index contributed by atoms with van der Waals surface area (Å²) in [7, 11) is -3.69. The van der Waals surface area contributed by atoms with Crippen molar-refractivity contribution in [1.82, 2.24) is 9.62 Å². The van der Waals surface area contributed by atoms with Crippen LogP contribution in [0, 0.1) is 11.8 Å². The second-order valence-electron chi connectivity index (χ2n) is 8.10. The van der Waals surface area contributed by atoms with Gasteiger partial charge in [-0.25, -0.2) is 8.42 Å². The van der Waals surface area contributed by atoms with E-state index in [9.17, 15) is 13.2 Å². The third kappa shape index (κ3) is 3.87. The molecular weight excluding hydrogens is 396 g/mol. The molecule has 0 saturated carbocycles. The molecule has 2 fully saturated rings. The Bertz CT molecular complexity index is 883. The van der Waals surface area contributed by atoms with Crippen LogP contribution >= 0.6 is 11.6 Å². The number of carbonyl (C=O) groups is 1. The summed E-state index contributed by atoms with van der Waals surface area (Å²) in [5, 5.41) is 3.69. The largest absolute Gasteiger partial charge is 0.379 e. The second kappa shape index (κ2) is 8.17. The molecule has 2 heterocycles. The molecule has 4 rings (SSSR count). The lowest BCUT2D eigenvalue weighted by molar-refractivity contribution is -0.126. The summed E-state index contributed by atoms with van der Waals surface area (Å²) in [6, 6.07) is 6.31. The Kier molecular flexibility index (Phi) is 5.81. The number of halogens is 1. The van der Waals surface area contributed by atoms with Gasteiger partial charge in [0, 0.05) is 24.7 Å². The Hall–Kier alpha value is -1.37. The predicted octanol–water partition coefficient (Wildman–Crippen LogP) is 3.75. The zero-order chi connectivity index (χ0) is 19.7. The monoisotopic (exact) mass is 422 g/mol. The van der Waals surface area contributed by atoms with Crippen molar-refractivity contribution in [3.63, 3.8) is 0 Å². The Morgan fingerprint density at radius 1 is 1.11 bits per heavy atom. The highest BCUT2D eigenvalue weighted by molar-refractivity contribution is 7.89. The molecule has 2 saturated heterocycles. The maximum absolute atomic E-state index is 13.2. The average Bonchev–Trinajstić information content (AvgIpc) is 2.73. The minimum absolute atomic E-state index is 0.121. The number of hydrogen-bond donors (Lipinski definition) is 1. The van der Waals surface area contributed by atoms with Gasteiger partial charge in [0.25, 0.3) is 0 Å². The molecule has 7 heteroatoms. The number of fused-ring (bicyclic) bond motifs is 1. The maximum Gasteiger partial charge on any atom is 0.244 e. The Morgan fingerprint density at radius 3 is 2.75 bits per heavy atom. The van der Waals surface area contributed by atoms with Gasteiger partial charge in [0.15, 0.2) is 5.78 Å². The second-order valence-corrected chi connectivity index (χ2v) is 10.4. The number of nitrogens with zero attached hydrogens (tertiary/aromatic N) is 1. The number of piperidine rings is 2. The molecule has 1 aromatic rings. The molecule has 28 heavy (non-hydrogen) atoms. The van der Waals surface area contributed by atoms with Gasteiger partial charge in [-0.05, 0) is 63.0 Å². The average molecular weight is 423 g/mol. The van der Waals surface area contributed by atoms with E-state index in [0.717, 1.165) is 25.7 Å². The third-order valence-electron chi connectivity index (χ3n) is 6.29. The van der Waals surface area contributed by atoms with E-state index in [4.69, 9.17) is 11.6 Å². The van der Waals surface area contributed by atoms with Crippen molar-refractivity contribution >= 4 is 27.4 Å². The molecule has 0 radical (unpaired) electrons. The first-order chi connectivity index (χ1) is 13.5. The Labute approximate surface area is 172 Å². The van der Waals surface area contributed by atoms with Gasteiger partial charge in [-0.2, -0.15) is 4.31 Å². The van der Waals surface area contributed by atoms with E-state index in [-0.39, 0.29) is 34.2 Å². The first-order valence-electron chi connectivity index (χ1n) is 10.2. The van der Waals surface area contributed by atoms with Crippen molar-refractivity contribution in [3.05, 3.63) is 41.1 Å². The summed E-state index contributed by atoms with van der Waals surface area (Å²) in [5.74, 6) is 0.467. The number of allylic oxidation sites excluding steroid dienone is 2. The van der Waals surface area contributed by atoms with Gasteiger partial charge < -0.3 is 5.32 Å². The minimum atomic E-state index is -3.69. The highest BCUT2D eigenvalue weighted by atomic mass is 35.5. The van der Waals surface area contributed by atoms with Crippen LogP contribution in [0.3, 0.4) is 0 Å². The molecular formula is C21H27ClN2O3S. The summed E-state index contributed by atoms with van der Waals surface area (Å²) in [6.07, 6.45) is 9.07. The van der Waals surface area contributed by atoms with Crippen molar-refractivity contribution in [1.29, 1.82) is 0 Å². The van der Waals surface area contributed by atoms with Crippen LogP contribution in [0.15, 0.2) is 40.9 Å². The number of benzene rings is 1. The van der Waals surface area contributed by atoms with Crippen LogP contribution in [0.5, 0.6) is 0 Å². The molecule has 1 N–H and O–H groups in total. The lowest BCUT2D eigenvalue weighted by Gasteiger charge is -2.38. The quantitative estimate of drug-likeness (QED) is 0.802. The van der Waals surface area contributed by atoms with Gasteiger partial charge in [0.2, 0.25) is 10.0 Å². The van der Waals surface area contributed by atoms with Crippen LogP contribution in [0.4, 0.5) is 0 Å². The molecule has 0 amide bonds. The normalized spacial score (nSPS) is 28.8. The zero-order valence-electron chi connectivity index (χ0n) is 15.9. The third-order valence-corrected chi connectivity index (χ3v) is 8.65. The summed E-state index contributed by atoms with van der Waals surface area (Å²) in [5.41, 5.74) is 1.23. The minimum Gasteiger partial charge on any atom is -0.379 e. The fraction of sp³-hybridized carbons (Fsp3) is 0.571. The fourth-order valence-electron chi connectivity index (χ4n) is 4.75. The topological polar surface area (TPSA) is 66.5 Å². The number of rotatable bonds is 4. The molecule has 0 spiro atoms. The van der Waals surface area contributed by atoms with Crippen LogP contribution in [0.25, 0.3) is 0 Å². The fourth-order valence-corrected chi connectivity index (χ4v) is 6.76. The van der Waals surface area contributed by atoms with Crippen molar-refractivity contribution in [2.45, 2.75) is 55.9 Å². The Morgan fingerprint density at radius 2 is 1.93 bits per heavy atom. The molecule has 152 valence electrons. The number of hydrogen-bond acceptors (Lipinski definition) is 4.